The third-order valence-electron chi connectivity index (χ3n) is 3.13. The molecule has 6 heteroatoms. The third kappa shape index (κ3) is 2.89. The van der Waals surface area contributed by atoms with E-state index in [1.54, 1.807) is 30.3 Å². The molecule has 0 aliphatic heterocycles. The van der Waals surface area contributed by atoms with E-state index in [0.29, 0.717) is 16.7 Å². The van der Waals surface area contributed by atoms with Crippen molar-refractivity contribution >= 4 is 11.6 Å². The minimum atomic E-state index is -0.416. The summed E-state index contributed by atoms with van der Waals surface area (Å²) in [5, 5.41) is 17.1. The van der Waals surface area contributed by atoms with Crippen LogP contribution < -0.4 is 5.73 Å². The maximum Gasteiger partial charge on any atom is 0.181 e. The van der Waals surface area contributed by atoms with E-state index in [1.807, 2.05) is 18.2 Å². The number of phenolic OH excluding ortho intramolecular Hbond substituents is 1. The first-order valence-electron chi connectivity index (χ1n) is 6.36. The molecule has 106 valence electrons. The molecule has 1 atom stereocenters. The summed E-state index contributed by atoms with van der Waals surface area (Å²) < 4.78 is 0. The number of nitrogens with two attached hydrogens (primary N) is 1. The zero-order valence-corrected chi connectivity index (χ0v) is 11.7. The fraction of sp³-hybridized carbons (Fsp3) is 0.0667. The van der Waals surface area contributed by atoms with Crippen molar-refractivity contribution in [1.82, 2.24) is 15.2 Å². The second-order valence-electron chi connectivity index (χ2n) is 4.62. The lowest BCUT2D eigenvalue weighted by Crippen LogP contribution is -2.13. The molecular weight excluding hydrogens is 288 g/mol. The van der Waals surface area contributed by atoms with Crippen LogP contribution in [-0.2, 0) is 0 Å². The van der Waals surface area contributed by atoms with Crippen molar-refractivity contribution < 1.29 is 5.11 Å². The number of aromatic hydroxyl groups is 1. The Hall–Kier alpha value is -2.37. The van der Waals surface area contributed by atoms with Gasteiger partial charge >= 0.3 is 0 Å². The van der Waals surface area contributed by atoms with Crippen LogP contribution in [0.4, 0.5) is 0 Å². The number of hydrogen-bond donors (Lipinski definition) is 3. The molecule has 4 N–H and O–H groups in total. The van der Waals surface area contributed by atoms with Crippen molar-refractivity contribution in [2.45, 2.75) is 6.04 Å². The first kappa shape index (κ1) is 13.6. The molecule has 2 aromatic carbocycles. The zero-order chi connectivity index (χ0) is 14.8. The van der Waals surface area contributed by atoms with Crippen molar-refractivity contribution in [2.75, 3.05) is 0 Å². The Bertz CT molecular complexity index is 754. The number of nitrogens with one attached hydrogen (secondary N) is 1. The van der Waals surface area contributed by atoms with Gasteiger partial charge in [-0.25, -0.2) is 4.98 Å². The predicted molar refractivity (Wildman–Crippen MR) is 81.0 cm³/mol. The van der Waals surface area contributed by atoms with Gasteiger partial charge in [-0.05, 0) is 29.8 Å². The normalized spacial score (nSPS) is 12.3. The van der Waals surface area contributed by atoms with Crippen LogP contribution in [0.15, 0.2) is 48.5 Å². The van der Waals surface area contributed by atoms with E-state index in [4.69, 9.17) is 17.3 Å². The quantitative estimate of drug-likeness (QED) is 0.694. The minimum Gasteiger partial charge on any atom is -0.508 e. The lowest BCUT2D eigenvalue weighted by molar-refractivity contribution is 0.475. The van der Waals surface area contributed by atoms with Gasteiger partial charge in [-0.3, -0.25) is 5.10 Å². The third-order valence-corrected chi connectivity index (χ3v) is 3.38. The molecule has 0 aliphatic rings. The molecule has 3 rings (SSSR count). The average Bonchev–Trinajstić information content (AvgIpc) is 2.97. The topological polar surface area (TPSA) is 87.8 Å². The van der Waals surface area contributed by atoms with E-state index < -0.39 is 6.04 Å². The van der Waals surface area contributed by atoms with E-state index >= 15 is 0 Å². The van der Waals surface area contributed by atoms with Crippen molar-refractivity contribution in [3.8, 4) is 17.1 Å². The Morgan fingerprint density at radius 3 is 2.62 bits per heavy atom. The average molecular weight is 301 g/mol. The van der Waals surface area contributed by atoms with Gasteiger partial charge in [0.05, 0.1) is 6.04 Å². The van der Waals surface area contributed by atoms with Crippen LogP contribution in [0.2, 0.25) is 5.02 Å². The fourth-order valence-corrected chi connectivity index (χ4v) is 2.14. The number of nitrogens with zero attached hydrogens (tertiary/aromatic N) is 2. The molecular formula is C15H13ClN4O. The van der Waals surface area contributed by atoms with Crippen LogP contribution in [0.3, 0.4) is 0 Å². The summed E-state index contributed by atoms with van der Waals surface area (Å²) >= 11 is 5.86. The number of aromatic nitrogens is 3. The van der Waals surface area contributed by atoms with Gasteiger partial charge in [0.2, 0.25) is 0 Å². The molecule has 21 heavy (non-hydrogen) atoms. The maximum absolute atomic E-state index is 9.49. The molecule has 0 amide bonds. The van der Waals surface area contributed by atoms with E-state index in [1.165, 1.54) is 0 Å². The number of hydrogen-bond acceptors (Lipinski definition) is 4. The van der Waals surface area contributed by atoms with E-state index in [0.717, 1.165) is 11.1 Å². The van der Waals surface area contributed by atoms with Gasteiger partial charge in [0.15, 0.2) is 5.82 Å². The van der Waals surface area contributed by atoms with Gasteiger partial charge in [-0.1, -0.05) is 35.9 Å². The molecule has 0 bridgehead atoms. The number of phenols is 1. The summed E-state index contributed by atoms with van der Waals surface area (Å²) in [6.07, 6.45) is 0. The Balaban J connectivity index is 1.89. The highest BCUT2D eigenvalue weighted by molar-refractivity contribution is 6.30. The highest BCUT2D eigenvalue weighted by atomic mass is 35.5. The smallest absolute Gasteiger partial charge is 0.181 e. The van der Waals surface area contributed by atoms with Crippen LogP contribution in [0.5, 0.6) is 5.75 Å². The number of benzene rings is 2. The first-order valence-corrected chi connectivity index (χ1v) is 6.74. The Morgan fingerprint density at radius 2 is 1.90 bits per heavy atom. The molecule has 1 aromatic heterocycles. The van der Waals surface area contributed by atoms with Crippen molar-refractivity contribution in [3.05, 3.63) is 64.9 Å². The van der Waals surface area contributed by atoms with E-state index in [9.17, 15) is 5.11 Å². The molecule has 0 radical (unpaired) electrons. The summed E-state index contributed by atoms with van der Waals surface area (Å²) in [5.74, 6) is 1.21. The second kappa shape index (κ2) is 5.55. The number of aromatic amines is 1. The standard InChI is InChI=1S/C15H13ClN4O/c16-11-6-4-9(5-7-11)13(17)15-18-14(19-20-15)10-2-1-3-12(21)8-10/h1-8,13,21H,17H2,(H,18,19,20)/t13-/m1/s1. The molecule has 0 saturated carbocycles. The zero-order valence-electron chi connectivity index (χ0n) is 11.0. The molecule has 0 fully saturated rings. The van der Waals surface area contributed by atoms with Crippen LogP contribution in [0, 0.1) is 0 Å². The van der Waals surface area contributed by atoms with Gasteiger partial charge in [-0.15, -0.1) is 0 Å². The Labute approximate surface area is 126 Å². The largest absolute Gasteiger partial charge is 0.508 e. The molecule has 0 saturated heterocycles. The molecule has 0 spiro atoms. The SMILES string of the molecule is N[C@H](c1ccc(Cl)cc1)c1nc(-c2cccc(O)c2)n[nH]1. The van der Waals surface area contributed by atoms with Gasteiger partial charge < -0.3 is 10.8 Å². The summed E-state index contributed by atoms with van der Waals surface area (Å²) in [5.41, 5.74) is 7.77. The highest BCUT2D eigenvalue weighted by Gasteiger charge is 2.14. The Kier molecular flexibility index (Phi) is 3.60. The summed E-state index contributed by atoms with van der Waals surface area (Å²) in [6, 6.07) is 13.6. The van der Waals surface area contributed by atoms with E-state index in [2.05, 4.69) is 15.2 Å². The number of halogens is 1. The first-order chi connectivity index (χ1) is 10.1. The van der Waals surface area contributed by atoms with Crippen LogP contribution >= 0.6 is 11.6 Å². The van der Waals surface area contributed by atoms with Crippen LogP contribution in [-0.4, -0.2) is 20.3 Å². The summed E-state index contributed by atoms with van der Waals surface area (Å²) in [4.78, 5) is 4.38. The highest BCUT2D eigenvalue weighted by Crippen LogP contribution is 2.23. The fourth-order valence-electron chi connectivity index (χ4n) is 2.02. The van der Waals surface area contributed by atoms with Gasteiger partial charge in [0.25, 0.3) is 0 Å². The van der Waals surface area contributed by atoms with Gasteiger partial charge in [0, 0.05) is 10.6 Å². The van der Waals surface area contributed by atoms with Gasteiger partial charge in [-0.2, -0.15) is 5.10 Å². The molecule has 0 unspecified atom stereocenters. The molecule has 5 nitrogen and oxygen atoms in total. The van der Waals surface area contributed by atoms with Crippen molar-refractivity contribution in [1.29, 1.82) is 0 Å². The predicted octanol–water partition coefficient (Wildman–Crippen LogP) is 2.88. The second-order valence-corrected chi connectivity index (χ2v) is 5.06. The lowest BCUT2D eigenvalue weighted by Gasteiger charge is -2.08. The summed E-state index contributed by atoms with van der Waals surface area (Å²) in [7, 11) is 0. The van der Waals surface area contributed by atoms with E-state index in [-0.39, 0.29) is 5.75 Å². The minimum absolute atomic E-state index is 0.167. The van der Waals surface area contributed by atoms with Crippen molar-refractivity contribution in [2.24, 2.45) is 5.73 Å². The van der Waals surface area contributed by atoms with Crippen molar-refractivity contribution in [3.63, 3.8) is 0 Å². The molecule has 3 aromatic rings. The monoisotopic (exact) mass is 300 g/mol. The van der Waals surface area contributed by atoms with Crippen LogP contribution in [0.1, 0.15) is 17.4 Å². The lowest BCUT2D eigenvalue weighted by atomic mass is 10.1. The van der Waals surface area contributed by atoms with Gasteiger partial charge in [0.1, 0.15) is 11.6 Å². The molecule has 1 heterocycles. The number of H-pyrrole nitrogens is 1. The number of rotatable bonds is 3. The maximum atomic E-state index is 9.49. The molecule has 0 aliphatic carbocycles. The Morgan fingerprint density at radius 1 is 1.14 bits per heavy atom. The summed E-state index contributed by atoms with van der Waals surface area (Å²) in [6.45, 7) is 0. The van der Waals surface area contributed by atoms with Crippen LogP contribution in [0.25, 0.3) is 11.4 Å².